The molecule has 6 nitrogen and oxygen atoms in total. The quantitative estimate of drug-likeness (QED) is 0.756. The van der Waals surface area contributed by atoms with Crippen LogP contribution in [0.3, 0.4) is 0 Å². The van der Waals surface area contributed by atoms with E-state index in [1.54, 1.807) is 21.9 Å². The zero-order valence-corrected chi connectivity index (χ0v) is 15.7. The van der Waals surface area contributed by atoms with Crippen LogP contribution < -0.4 is 10.1 Å². The summed E-state index contributed by atoms with van der Waals surface area (Å²) in [6.07, 6.45) is 2.47. The fourth-order valence-electron chi connectivity index (χ4n) is 2.99. The number of para-hydroxylation sites is 1. The molecule has 27 heavy (non-hydrogen) atoms. The zero-order valence-electron chi connectivity index (χ0n) is 14.9. The van der Waals surface area contributed by atoms with E-state index in [0.717, 1.165) is 6.54 Å². The summed E-state index contributed by atoms with van der Waals surface area (Å²) in [7, 11) is 0. The molecule has 3 rings (SSSR count). The third-order valence-corrected chi connectivity index (χ3v) is 4.66. The van der Waals surface area contributed by atoms with Crippen molar-refractivity contribution in [1.29, 1.82) is 0 Å². The van der Waals surface area contributed by atoms with Crippen molar-refractivity contribution in [2.24, 2.45) is 5.92 Å². The van der Waals surface area contributed by atoms with Crippen LogP contribution in [0.15, 0.2) is 24.3 Å². The molecule has 0 atom stereocenters. The summed E-state index contributed by atoms with van der Waals surface area (Å²) in [6, 6.07) is 5.97. The number of alkyl halides is 2. The Morgan fingerprint density at radius 1 is 1.11 bits per heavy atom. The van der Waals surface area contributed by atoms with Crippen LogP contribution in [0.2, 0.25) is 0 Å². The van der Waals surface area contributed by atoms with Gasteiger partial charge in [-0.2, -0.15) is 8.78 Å². The van der Waals surface area contributed by atoms with E-state index in [2.05, 4.69) is 10.1 Å². The van der Waals surface area contributed by atoms with Crippen molar-refractivity contribution in [3.05, 3.63) is 29.8 Å². The van der Waals surface area contributed by atoms with E-state index in [-0.39, 0.29) is 35.5 Å². The van der Waals surface area contributed by atoms with E-state index >= 15 is 0 Å². The van der Waals surface area contributed by atoms with E-state index in [1.807, 2.05) is 0 Å². The first kappa shape index (κ1) is 21.4. The first-order valence-corrected chi connectivity index (χ1v) is 8.86. The molecule has 0 bridgehead atoms. The maximum absolute atomic E-state index is 12.6. The monoisotopic (exact) mass is 403 g/mol. The Morgan fingerprint density at radius 2 is 1.74 bits per heavy atom. The number of piperazine rings is 1. The van der Waals surface area contributed by atoms with Crippen molar-refractivity contribution in [3.63, 3.8) is 0 Å². The average molecular weight is 404 g/mol. The molecule has 9 heteroatoms. The molecule has 1 N–H and O–H groups in total. The maximum Gasteiger partial charge on any atom is 0.387 e. The minimum absolute atomic E-state index is 0. The molecule has 1 saturated heterocycles. The van der Waals surface area contributed by atoms with Crippen LogP contribution in [-0.2, 0) is 4.79 Å². The second-order valence-corrected chi connectivity index (χ2v) is 6.62. The second-order valence-electron chi connectivity index (χ2n) is 6.62. The molecule has 1 aliphatic carbocycles. The Hall–Kier alpha value is -1.93. The number of amides is 2. The predicted octanol–water partition coefficient (Wildman–Crippen LogP) is 1.99. The van der Waals surface area contributed by atoms with E-state index in [4.69, 9.17) is 0 Å². The molecule has 2 amide bonds. The summed E-state index contributed by atoms with van der Waals surface area (Å²) in [6.45, 7) is -0.171. The highest BCUT2D eigenvalue weighted by Gasteiger charge is 2.27. The first-order valence-electron chi connectivity index (χ1n) is 8.86. The Kier molecular flexibility index (Phi) is 7.79. The molecule has 0 aromatic heterocycles. The number of hydrogen-bond acceptors (Lipinski definition) is 4. The standard InChI is InChI=1S/C18H23F2N3O3.ClH/c19-18(20)26-15-4-2-1-3-14(15)17(25)23-9-7-22(8-10-23)16(24)12-21-11-13-5-6-13;/h1-4,13,18,21H,5-12H2;1H. The van der Waals surface area contributed by atoms with Crippen molar-refractivity contribution in [2.75, 3.05) is 39.3 Å². The largest absolute Gasteiger partial charge is 0.434 e. The highest BCUT2D eigenvalue weighted by molar-refractivity contribution is 5.97. The van der Waals surface area contributed by atoms with Crippen LogP contribution >= 0.6 is 12.4 Å². The Balaban J connectivity index is 0.00000261. The highest BCUT2D eigenvalue weighted by atomic mass is 35.5. The molecule has 1 aromatic carbocycles. The number of carbonyl (C=O) groups excluding carboxylic acids is 2. The minimum Gasteiger partial charge on any atom is -0.434 e. The summed E-state index contributed by atoms with van der Waals surface area (Å²) in [5.41, 5.74) is 0.110. The molecule has 2 fully saturated rings. The third-order valence-electron chi connectivity index (χ3n) is 4.66. The van der Waals surface area contributed by atoms with Gasteiger partial charge in [0.15, 0.2) is 0 Å². The molecule has 1 aliphatic heterocycles. The molecule has 1 saturated carbocycles. The number of ether oxygens (including phenoxy) is 1. The van der Waals surface area contributed by atoms with Gasteiger partial charge in [-0.3, -0.25) is 9.59 Å². The van der Waals surface area contributed by atoms with Crippen molar-refractivity contribution < 1.29 is 23.1 Å². The lowest BCUT2D eigenvalue weighted by Crippen LogP contribution is -2.52. The van der Waals surface area contributed by atoms with Gasteiger partial charge in [0.05, 0.1) is 12.1 Å². The van der Waals surface area contributed by atoms with Crippen LogP contribution in [0.25, 0.3) is 0 Å². The average Bonchev–Trinajstić information content (AvgIpc) is 3.45. The third kappa shape index (κ3) is 6.04. The molecular weight excluding hydrogens is 380 g/mol. The van der Waals surface area contributed by atoms with Crippen molar-refractivity contribution in [2.45, 2.75) is 19.5 Å². The molecular formula is C18H24ClF2N3O3. The number of halogens is 3. The summed E-state index contributed by atoms with van der Waals surface area (Å²) >= 11 is 0. The Bertz CT molecular complexity index is 650. The molecule has 1 aromatic rings. The Labute approximate surface area is 163 Å². The lowest BCUT2D eigenvalue weighted by atomic mass is 10.1. The number of hydrogen-bond donors (Lipinski definition) is 1. The maximum atomic E-state index is 12.6. The van der Waals surface area contributed by atoms with Crippen molar-refractivity contribution in [1.82, 2.24) is 15.1 Å². The lowest BCUT2D eigenvalue weighted by molar-refractivity contribution is -0.131. The number of nitrogens with one attached hydrogen (secondary N) is 1. The van der Waals surface area contributed by atoms with Gasteiger partial charge in [0.1, 0.15) is 5.75 Å². The number of rotatable bonds is 7. The normalized spacial score (nSPS) is 16.9. The van der Waals surface area contributed by atoms with Crippen molar-refractivity contribution in [3.8, 4) is 5.75 Å². The number of benzene rings is 1. The van der Waals surface area contributed by atoms with Gasteiger partial charge in [0.25, 0.3) is 5.91 Å². The molecule has 1 heterocycles. The van der Waals surface area contributed by atoms with Crippen LogP contribution in [0.4, 0.5) is 8.78 Å². The van der Waals surface area contributed by atoms with E-state index in [9.17, 15) is 18.4 Å². The van der Waals surface area contributed by atoms with Gasteiger partial charge in [0, 0.05) is 26.2 Å². The molecule has 150 valence electrons. The van der Waals surface area contributed by atoms with Gasteiger partial charge in [-0.15, -0.1) is 12.4 Å². The fraction of sp³-hybridized carbons (Fsp3) is 0.556. The van der Waals surface area contributed by atoms with Crippen LogP contribution in [-0.4, -0.2) is 67.5 Å². The summed E-state index contributed by atoms with van der Waals surface area (Å²) < 4.78 is 29.4. The van der Waals surface area contributed by atoms with Gasteiger partial charge in [-0.25, -0.2) is 0 Å². The summed E-state index contributed by atoms with van der Waals surface area (Å²) in [5.74, 6) is 0.252. The molecule has 0 radical (unpaired) electrons. The van der Waals surface area contributed by atoms with Gasteiger partial charge in [-0.05, 0) is 37.4 Å². The molecule has 0 unspecified atom stereocenters. The van der Waals surface area contributed by atoms with Crippen molar-refractivity contribution >= 4 is 24.2 Å². The van der Waals surface area contributed by atoms with E-state index in [1.165, 1.54) is 25.0 Å². The van der Waals surface area contributed by atoms with Gasteiger partial charge in [-0.1, -0.05) is 12.1 Å². The van der Waals surface area contributed by atoms with E-state index in [0.29, 0.717) is 38.6 Å². The molecule has 0 spiro atoms. The summed E-state index contributed by atoms with van der Waals surface area (Å²) in [4.78, 5) is 28.1. The second kappa shape index (κ2) is 9.85. The van der Waals surface area contributed by atoms with E-state index < -0.39 is 6.61 Å². The van der Waals surface area contributed by atoms with Crippen LogP contribution in [0, 0.1) is 5.92 Å². The Morgan fingerprint density at radius 3 is 2.37 bits per heavy atom. The predicted molar refractivity (Wildman–Crippen MR) is 98.4 cm³/mol. The topological polar surface area (TPSA) is 61.9 Å². The SMILES string of the molecule is Cl.O=C(CNCC1CC1)N1CCN(C(=O)c2ccccc2OC(F)F)CC1. The molecule has 2 aliphatic rings. The van der Waals surface area contributed by atoms with Gasteiger partial charge < -0.3 is 19.9 Å². The first-order chi connectivity index (χ1) is 12.5. The number of carbonyl (C=O) groups is 2. The fourth-order valence-corrected chi connectivity index (χ4v) is 2.99. The lowest BCUT2D eigenvalue weighted by Gasteiger charge is -2.35. The van der Waals surface area contributed by atoms with Gasteiger partial charge >= 0.3 is 6.61 Å². The van der Waals surface area contributed by atoms with Gasteiger partial charge in [0.2, 0.25) is 5.91 Å². The van der Waals surface area contributed by atoms with Crippen LogP contribution in [0.5, 0.6) is 5.75 Å². The van der Waals surface area contributed by atoms with Crippen LogP contribution in [0.1, 0.15) is 23.2 Å². The summed E-state index contributed by atoms with van der Waals surface area (Å²) in [5, 5.41) is 3.17. The number of nitrogens with zero attached hydrogens (tertiary/aromatic N) is 2. The zero-order chi connectivity index (χ0) is 18.5. The highest BCUT2D eigenvalue weighted by Crippen LogP contribution is 2.27. The smallest absolute Gasteiger partial charge is 0.387 e. The minimum atomic E-state index is -2.98.